The van der Waals surface area contributed by atoms with Crippen LogP contribution in [0.15, 0.2) is 12.5 Å². The first kappa shape index (κ1) is 10.2. The summed E-state index contributed by atoms with van der Waals surface area (Å²) in [4.78, 5) is 15.5. The predicted octanol–water partition coefficient (Wildman–Crippen LogP) is 0.992. The average Bonchev–Trinajstić information content (AvgIpc) is 2.78. The number of aromatic nitrogens is 2. The van der Waals surface area contributed by atoms with Gasteiger partial charge in [-0.3, -0.25) is 10.2 Å². The number of rotatable bonds is 2. The van der Waals surface area contributed by atoms with Crippen molar-refractivity contribution in [2.75, 3.05) is 0 Å². The zero-order valence-electron chi connectivity index (χ0n) is 8.65. The van der Waals surface area contributed by atoms with Crippen LogP contribution in [-0.2, 0) is 0 Å². The molecule has 2 rings (SSSR count). The van der Waals surface area contributed by atoms with Crippen LogP contribution in [0.25, 0.3) is 0 Å². The highest BCUT2D eigenvalue weighted by atomic mass is 16.2. The summed E-state index contributed by atoms with van der Waals surface area (Å²) >= 11 is 0. The van der Waals surface area contributed by atoms with Gasteiger partial charge in [0.1, 0.15) is 5.69 Å². The summed E-state index contributed by atoms with van der Waals surface area (Å²) in [5.74, 6) is 4.86. The molecule has 1 heterocycles. The Bertz CT molecular complexity index is 341. The molecule has 1 amide bonds. The van der Waals surface area contributed by atoms with Gasteiger partial charge < -0.3 is 4.57 Å². The molecule has 0 atom stereocenters. The topological polar surface area (TPSA) is 72.9 Å². The Morgan fingerprint density at radius 2 is 2.20 bits per heavy atom. The number of hydrogen-bond donors (Lipinski definition) is 2. The first-order chi connectivity index (χ1) is 7.33. The van der Waals surface area contributed by atoms with Crippen LogP contribution in [-0.4, -0.2) is 15.5 Å². The lowest BCUT2D eigenvalue weighted by Crippen LogP contribution is -2.32. The van der Waals surface area contributed by atoms with Crippen molar-refractivity contribution < 1.29 is 4.79 Å². The van der Waals surface area contributed by atoms with Crippen LogP contribution in [0.1, 0.15) is 48.6 Å². The van der Waals surface area contributed by atoms with Gasteiger partial charge in [0, 0.05) is 6.04 Å². The van der Waals surface area contributed by atoms with Crippen LogP contribution in [0.4, 0.5) is 0 Å². The van der Waals surface area contributed by atoms with Crippen LogP contribution in [0.5, 0.6) is 0 Å². The van der Waals surface area contributed by atoms with Gasteiger partial charge in [0.05, 0.1) is 12.5 Å². The lowest BCUT2D eigenvalue weighted by molar-refractivity contribution is 0.0940. The van der Waals surface area contributed by atoms with Crippen LogP contribution < -0.4 is 11.3 Å². The summed E-state index contributed by atoms with van der Waals surface area (Å²) in [5.41, 5.74) is 2.71. The van der Waals surface area contributed by atoms with E-state index in [0.717, 1.165) is 12.8 Å². The summed E-state index contributed by atoms with van der Waals surface area (Å²) in [6, 6.07) is 0.411. The second-order valence-corrected chi connectivity index (χ2v) is 3.95. The summed E-state index contributed by atoms with van der Waals surface area (Å²) < 4.78 is 1.95. The van der Waals surface area contributed by atoms with Crippen LogP contribution in [0.3, 0.4) is 0 Å². The van der Waals surface area contributed by atoms with Crippen LogP contribution >= 0.6 is 0 Å². The Labute approximate surface area is 88.6 Å². The van der Waals surface area contributed by atoms with Gasteiger partial charge in [-0.05, 0) is 12.8 Å². The van der Waals surface area contributed by atoms with E-state index in [4.69, 9.17) is 5.84 Å². The van der Waals surface area contributed by atoms with Crippen LogP contribution in [0.2, 0.25) is 0 Å². The number of nitrogen functional groups attached to an aromatic ring is 1. The maximum Gasteiger partial charge on any atom is 0.283 e. The van der Waals surface area contributed by atoms with E-state index in [-0.39, 0.29) is 5.91 Å². The maximum atomic E-state index is 11.4. The molecule has 82 valence electrons. The van der Waals surface area contributed by atoms with E-state index in [2.05, 4.69) is 10.4 Å². The molecule has 1 aliphatic carbocycles. The average molecular weight is 208 g/mol. The molecule has 0 bridgehead atoms. The minimum absolute atomic E-state index is 0.266. The number of nitrogens with two attached hydrogens (primary N) is 1. The number of amides is 1. The van der Waals surface area contributed by atoms with Crippen molar-refractivity contribution in [3.05, 3.63) is 18.2 Å². The molecule has 0 spiro atoms. The quantitative estimate of drug-likeness (QED) is 0.432. The predicted molar refractivity (Wildman–Crippen MR) is 56.0 cm³/mol. The van der Waals surface area contributed by atoms with Gasteiger partial charge in [-0.25, -0.2) is 10.8 Å². The van der Waals surface area contributed by atoms with E-state index in [9.17, 15) is 4.79 Å². The van der Waals surface area contributed by atoms with E-state index in [0.29, 0.717) is 11.7 Å². The van der Waals surface area contributed by atoms with Gasteiger partial charge in [-0.15, -0.1) is 0 Å². The highest BCUT2D eigenvalue weighted by Gasteiger charge is 2.20. The minimum Gasteiger partial charge on any atom is -0.323 e. The van der Waals surface area contributed by atoms with Gasteiger partial charge in [0.25, 0.3) is 5.91 Å². The summed E-state index contributed by atoms with van der Waals surface area (Å²) in [6.45, 7) is 0. The first-order valence-electron chi connectivity index (χ1n) is 5.35. The molecule has 1 fully saturated rings. The monoisotopic (exact) mass is 208 g/mol. The maximum absolute atomic E-state index is 11.4. The Morgan fingerprint density at radius 3 is 2.87 bits per heavy atom. The third-order valence-electron chi connectivity index (χ3n) is 3.00. The van der Waals surface area contributed by atoms with E-state index in [1.165, 1.54) is 19.3 Å². The molecule has 3 N–H and O–H groups in total. The van der Waals surface area contributed by atoms with Gasteiger partial charge in [0.2, 0.25) is 0 Å². The normalized spacial score (nSPS) is 17.7. The molecule has 1 aromatic rings. The van der Waals surface area contributed by atoms with Gasteiger partial charge >= 0.3 is 0 Å². The van der Waals surface area contributed by atoms with Crippen molar-refractivity contribution in [3.63, 3.8) is 0 Å². The molecule has 5 nitrogen and oxygen atoms in total. The lowest BCUT2D eigenvalue weighted by atomic mass is 9.95. The fraction of sp³-hybridized carbons (Fsp3) is 0.600. The Morgan fingerprint density at radius 1 is 1.47 bits per heavy atom. The largest absolute Gasteiger partial charge is 0.323 e. The van der Waals surface area contributed by atoms with Crippen LogP contribution in [0, 0.1) is 0 Å². The SMILES string of the molecule is NNC(=O)c1cncn1C1CCCCC1. The van der Waals surface area contributed by atoms with E-state index < -0.39 is 0 Å². The van der Waals surface area contributed by atoms with Crippen molar-refractivity contribution in [3.8, 4) is 0 Å². The number of imidazole rings is 1. The van der Waals surface area contributed by atoms with E-state index >= 15 is 0 Å². The number of hydrogen-bond acceptors (Lipinski definition) is 3. The van der Waals surface area contributed by atoms with Gasteiger partial charge in [-0.2, -0.15) is 0 Å². The first-order valence-corrected chi connectivity index (χ1v) is 5.35. The lowest BCUT2D eigenvalue weighted by Gasteiger charge is -2.24. The van der Waals surface area contributed by atoms with E-state index in [1.807, 2.05) is 4.57 Å². The second-order valence-electron chi connectivity index (χ2n) is 3.95. The van der Waals surface area contributed by atoms with Gasteiger partial charge in [-0.1, -0.05) is 19.3 Å². The van der Waals surface area contributed by atoms with Crippen molar-refractivity contribution in [1.29, 1.82) is 0 Å². The standard InChI is InChI=1S/C10H16N4O/c11-13-10(15)9-6-12-7-14(9)8-4-2-1-3-5-8/h6-8H,1-5,11H2,(H,13,15). The summed E-state index contributed by atoms with van der Waals surface area (Å²) in [7, 11) is 0. The highest BCUT2D eigenvalue weighted by Crippen LogP contribution is 2.28. The van der Waals surface area contributed by atoms with Crippen molar-refractivity contribution >= 4 is 5.91 Å². The zero-order chi connectivity index (χ0) is 10.7. The second kappa shape index (κ2) is 4.44. The summed E-state index contributed by atoms with van der Waals surface area (Å²) in [5, 5.41) is 0. The summed E-state index contributed by atoms with van der Waals surface area (Å²) in [6.07, 6.45) is 9.29. The molecule has 5 heteroatoms. The molecule has 0 unspecified atom stereocenters. The fourth-order valence-electron chi connectivity index (χ4n) is 2.20. The molecule has 0 aliphatic heterocycles. The minimum atomic E-state index is -0.266. The Kier molecular flexibility index (Phi) is 3.01. The molecule has 15 heavy (non-hydrogen) atoms. The van der Waals surface area contributed by atoms with Crippen molar-refractivity contribution in [2.45, 2.75) is 38.1 Å². The fourth-order valence-corrected chi connectivity index (χ4v) is 2.20. The van der Waals surface area contributed by atoms with E-state index in [1.54, 1.807) is 12.5 Å². The van der Waals surface area contributed by atoms with Crippen molar-refractivity contribution in [2.24, 2.45) is 5.84 Å². The number of carbonyl (C=O) groups is 1. The molecular weight excluding hydrogens is 192 g/mol. The molecule has 1 saturated carbocycles. The zero-order valence-corrected chi connectivity index (χ0v) is 8.65. The number of nitrogens with zero attached hydrogens (tertiary/aromatic N) is 2. The molecular formula is C10H16N4O. The van der Waals surface area contributed by atoms with Crippen molar-refractivity contribution in [1.82, 2.24) is 15.0 Å². The Balaban J connectivity index is 2.19. The third kappa shape index (κ3) is 2.02. The van der Waals surface area contributed by atoms with Gasteiger partial charge in [0.15, 0.2) is 0 Å². The molecule has 0 aromatic carbocycles. The number of carbonyl (C=O) groups excluding carboxylic acids is 1. The number of nitrogens with one attached hydrogen (secondary N) is 1. The molecule has 1 aromatic heterocycles. The third-order valence-corrected chi connectivity index (χ3v) is 3.00. The molecule has 0 radical (unpaired) electrons. The smallest absolute Gasteiger partial charge is 0.283 e. The molecule has 1 aliphatic rings. The number of hydrazine groups is 1. The highest BCUT2D eigenvalue weighted by molar-refractivity contribution is 5.91. The Hall–Kier alpha value is -1.36. The molecule has 0 saturated heterocycles.